The number of hydrogen-bond donors (Lipinski definition) is 1. The minimum absolute atomic E-state index is 0.0315. The Morgan fingerprint density at radius 1 is 1.38 bits per heavy atom. The van der Waals surface area contributed by atoms with Crippen LogP contribution < -0.4 is 5.32 Å². The second kappa shape index (κ2) is 6.79. The maximum absolute atomic E-state index is 13.0. The van der Waals surface area contributed by atoms with Gasteiger partial charge in [-0.15, -0.1) is 11.3 Å². The van der Waals surface area contributed by atoms with Crippen molar-refractivity contribution in [3.8, 4) is 0 Å². The predicted octanol–water partition coefficient (Wildman–Crippen LogP) is 2.75. The van der Waals surface area contributed by atoms with Crippen molar-refractivity contribution in [2.24, 2.45) is 5.92 Å². The minimum atomic E-state index is -0.469. The molecule has 2 atom stereocenters. The van der Waals surface area contributed by atoms with E-state index < -0.39 is 5.92 Å². The molecule has 136 valence electrons. The molecule has 2 amide bonds. The Bertz CT molecular complexity index is 863. The smallest absolute Gasteiger partial charge is 0.237 e. The molecule has 0 spiro atoms. The predicted molar refractivity (Wildman–Crippen MR) is 100 cm³/mol. The van der Waals surface area contributed by atoms with E-state index in [9.17, 15) is 9.59 Å². The molecular formula is C19H22N4O2S. The third kappa shape index (κ3) is 3.23. The Balaban J connectivity index is 1.57. The fraction of sp³-hybridized carbons (Fsp3) is 0.474. The van der Waals surface area contributed by atoms with Crippen molar-refractivity contribution < 1.29 is 9.59 Å². The molecule has 3 heterocycles. The van der Waals surface area contributed by atoms with Gasteiger partial charge in [0, 0.05) is 31.1 Å². The van der Waals surface area contributed by atoms with E-state index in [2.05, 4.69) is 22.2 Å². The van der Waals surface area contributed by atoms with Gasteiger partial charge in [-0.2, -0.15) is 0 Å². The number of aryl methyl sites for hydroxylation is 1. The third-order valence-electron chi connectivity index (χ3n) is 5.20. The highest BCUT2D eigenvalue weighted by atomic mass is 32.1. The van der Waals surface area contributed by atoms with Gasteiger partial charge in [0.05, 0.1) is 17.3 Å². The first-order chi connectivity index (χ1) is 12.5. The summed E-state index contributed by atoms with van der Waals surface area (Å²) in [6.07, 6.45) is 4.87. The van der Waals surface area contributed by atoms with Gasteiger partial charge >= 0.3 is 0 Å². The molecule has 7 heteroatoms. The van der Waals surface area contributed by atoms with Crippen LogP contribution in [0.4, 0.5) is 5.13 Å². The topological polar surface area (TPSA) is 75.2 Å². The molecule has 4 rings (SSSR count). The van der Waals surface area contributed by atoms with Gasteiger partial charge in [0.15, 0.2) is 5.13 Å². The van der Waals surface area contributed by atoms with Crippen molar-refractivity contribution >= 4 is 28.3 Å². The van der Waals surface area contributed by atoms with E-state index in [0.29, 0.717) is 24.1 Å². The molecule has 1 aliphatic carbocycles. The number of fused-ring (bicyclic) bond motifs is 2. The number of anilines is 1. The van der Waals surface area contributed by atoms with E-state index in [4.69, 9.17) is 0 Å². The van der Waals surface area contributed by atoms with Crippen molar-refractivity contribution in [1.29, 1.82) is 0 Å². The summed E-state index contributed by atoms with van der Waals surface area (Å²) in [6.45, 7) is 4.65. The largest absolute Gasteiger partial charge is 0.337 e. The number of nitrogens with zero attached hydrogens (tertiary/aromatic N) is 3. The molecular weight excluding hydrogens is 348 g/mol. The van der Waals surface area contributed by atoms with Crippen LogP contribution in [0.5, 0.6) is 0 Å². The first-order valence-electron chi connectivity index (χ1n) is 9.00. The number of amides is 2. The first kappa shape index (κ1) is 17.1. The monoisotopic (exact) mass is 370 g/mol. The molecule has 0 aromatic carbocycles. The number of rotatable bonds is 2. The average molecular weight is 370 g/mol. The quantitative estimate of drug-likeness (QED) is 0.882. The lowest BCUT2D eigenvalue weighted by molar-refractivity contribution is -0.131. The van der Waals surface area contributed by atoms with Gasteiger partial charge in [-0.05, 0) is 36.8 Å². The van der Waals surface area contributed by atoms with Crippen LogP contribution in [0, 0.1) is 5.92 Å². The van der Waals surface area contributed by atoms with Crippen LogP contribution in [-0.2, 0) is 29.0 Å². The van der Waals surface area contributed by atoms with Crippen LogP contribution in [0.15, 0.2) is 18.3 Å². The van der Waals surface area contributed by atoms with E-state index in [1.165, 1.54) is 11.8 Å². The van der Waals surface area contributed by atoms with Gasteiger partial charge in [-0.1, -0.05) is 13.0 Å². The van der Waals surface area contributed by atoms with Crippen molar-refractivity contribution in [2.75, 3.05) is 11.9 Å². The Morgan fingerprint density at radius 3 is 3.04 bits per heavy atom. The summed E-state index contributed by atoms with van der Waals surface area (Å²) < 4.78 is 0. The van der Waals surface area contributed by atoms with Crippen LogP contribution in [0.25, 0.3) is 0 Å². The first-order valence-corrected chi connectivity index (χ1v) is 9.81. The third-order valence-corrected chi connectivity index (χ3v) is 6.23. The SMILES string of the molecule is CC(=O)N1Cc2cccnc2C(C(=O)Nc2nc3c(s2)CC(C)CC3)C1. The van der Waals surface area contributed by atoms with Crippen molar-refractivity contribution in [2.45, 2.75) is 45.6 Å². The molecule has 1 aliphatic heterocycles. The lowest BCUT2D eigenvalue weighted by atomic mass is 9.93. The number of pyridine rings is 1. The van der Waals surface area contributed by atoms with Crippen LogP contribution in [0.1, 0.15) is 48.0 Å². The second-order valence-corrected chi connectivity index (χ2v) is 8.31. The molecule has 2 unspecified atom stereocenters. The zero-order valence-electron chi connectivity index (χ0n) is 15.0. The number of aromatic nitrogens is 2. The van der Waals surface area contributed by atoms with E-state index >= 15 is 0 Å². The summed E-state index contributed by atoms with van der Waals surface area (Å²) in [5, 5.41) is 3.63. The van der Waals surface area contributed by atoms with E-state index in [-0.39, 0.29) is 11.8 Å². The zero-order valence-corrected chi connectivity index (χ0v) is 15.8. The fourth-order valence-electron chi connectivity index (χ4n) is 3.71. The van der Waals surface area contributed by atoms with Crippen molar-refractivity contribution in [3.63, 3.8) is 0 Å². The summed E-state index contributed by atoms with van der Waals surface area (Å²) in [7, 11) is 0. The average Bonchev–Trinajstić information content (AvgIpc) is 3.01. The molecule has 0 saturated heterocycles. The summed E-state index contributed by atoms with van der Waals surface area (Å²) in [4.78, 5) is 36.8. The molecule has 2 aromatic heterocycles. The van der Waals surface area contributed by atoms with Crippen LogP contribution in [-0.4, -0.2) is 33.2 Å². The number of thiazole rings is 1. The maximum Gasteiger partial charge on any atom is 0.237 e. The number of carbonyl (C=O) groups excluding carboxylic acids is 2. The molecule has 26 heavy (non-hydrogen) atoms. The summed E-state index contributed by atoms with van der Waals surface area (Å²) in [5.74, 6) is 0.0276. The van der Waals surface area contributed by atoms with Gasteiger partial charge in [0.25, 0.3) is 0 Å². The van der Waals surface area contributed by atoms with Crippen LogP contribution in [0.3, 0.4) is 0 Å². The lowest BCUT2D eigenvalue weighted by Gasteiger charge is -2.32. The molecule has 0 fully saturated rings. The molecule has 1 N–H and O–H groups in total. The second-order valence-electron chi connectivity index (χ2n) is 7.23. The normalized spacial score (nSPS) is 21.7. The summed E-state index contributed by atoms with van der Waals surface area (Å²) in [5.41, 5.74) is 2.81. The molecule has 2 aromatic rings. The number of hydrogen-bond acceptors (Lipinski definition) is 5. The van der Waals surface area contributed by atoms with E-state index in [0.717, 1.165) is 36.2 Å². The maximum atomic E-state index is 13.0. The van der Waals surface area contributed by atoms with Gasteiger partial charge < -0.3 is 10.2 Å². The Morgan fingerprint density at radius 2 is 2.23 bits per heavy atom. The van der Waals surface area contributed by atoms with Crippen LogP contribution in [0.2, 0.25) is 0 Å². The Labute approximate surface area is 156 Å². The Kier molecular flexibility index (Phi) is 4.48. The number of nitrogens with one attached hydrogen (secondary N) is 1. The van der Waals surface area contributed by atoms with Crippen molar-refractivity contribution in [3.05, 3.63) is 40.2 Å². The van der Waals surface area contributed by atoms with Gasteiger partial charge in [-0.25, -0.2) is 4.98 Å². The lowest BCUT2D eigenvalue weighted by Crippen LogP contribution is -2.41. The Hall–Kier alpha value is -2.28. The fourth-order valence-corrected chi connectivity index (χ4v) is 4.88. The highest BCUT2D eigenvalue weighted by Gasteiger charge is 2.33. The van der Waals surface area contributed by atoms with Gasteiger partial charge in [0.2, 0.25) is 11.8 Å². The number of carbonyl (C=O) groups is 2. The minimum Gasteiger partial charge on any atom is -0.337 e. The van der Waals surface area contributed by atoms with Gasteiger partial charge in [-0.3, -0.25) is 14.6 Å². The molecule has 6 nitrogen and oxygen atoms in total. The highest BCUT2D eigenvalue weighted by molar-refractivity contribution is 7.15. The molecule has 0 saturated carbocycles. The zero-order chi connectivity index (χ0) is 18.3. The molecule has 0 radical (unpaired) electrons. The van der Waals surface area contributed by atoms with Gasteiger partial charge in [0.1, 0.15) is 0 Å². The molecule has 2 aliphatic rings. The van der Waals surface area contributed by atoms with Crippen LogP contribution >= 0.6 is 11.3 Å². The standard InChI is InChI=1S/C19H22N4O2S/c1-11-5-6-15-16(8-11)26-19(21-15)22-18(25)14-10-23(12(2)24)9-13-4-3-7-20-17(13)14/h3-4,7,11,14H,5-6,8-10H2,1-2H3,(H,21,22,25). The highest BCUT2D eigenvalue weighted by Crippen LogP contribution is 2.33. The molecule has 0 bridgehead atoms. The summed E-state index contributed by atoms with van der Waals surface area (Å²) in [6, 6.07) is 3.77. The van der Waals surface area contributed by atoms with Crippen molar-refractivity contribution in [1.82, 2.24) is 14.9 Å². The van der Waals surface area contributed by atoms with E-state index in [1.54, 1.807) is 22.4 Å². The summed E-state index contributed by atoms with van der Waals surface area (Å²) >= 11 is 1.58. The van der Waals surface area contributed by atoms with E-state index in [1.807, 2.05) is 12.1 Å².